The fourth-order valence-corrected chi connectivity index (χ4v) is 1.55. The molecular weight excluding hydrogens is 243 g/mol. The number of carboxylic acids is 1. The predicted octanol–water partition coefficient (Wildman–Crippen LogP) is -2.91. The Bertz CT molecular complexity index is 335. The van der Waals surface area contributed by atoms with E-state index in [2.05, 4.69) is 13.8 Å². The number of carbonyl (C=O) groups is 1. The van der Waals surface area contributed by atoms with Crippen LogP contribution in [0.1, 0.15) is 37.8 Å². The van der Waals surface area contributed by atoms with Crippen molar-refractivity contribution in [1.82, 2.24) is 0 Å². The summed E-state index contributed by atoms with van der Waals surface area (Å²) in [5.74, 6) is -0.931. The van der Waals surface area contributed by atoms with Gasteiger partial charge in [-0.1, -0.05) is 45.0 Å². The molecule has 0 saturated heterocycles. The number of carboxylic acid groups (broad SMARTS) is 1. The van der Waals surface area contributed by atoms with Crippen molar-refractivity contribution < 1.29 is 50.4 Å². The van der Waals surface area contributed by atoms with Crippen molar-refractivity contribution in [2.45, 2.75) is 33.1 Å². The molecule has 4 nitrogen and oxygen atoms in total. The zero-order chi connectivity index (χ0) is 11.4. The van der Waals surface area contributed by atoms with Gasteiger partial charge in [0.05, 0.1) is 0 Å². The van der Waals surface area contributed by atoms with E-state index in [-0.39, 0.29) is 40.5 Å². The fraction of sp³-hybridized carbons (Fsp3) is 0.462. The van der Waals surface area contributed by atoms with E-state index in [0.717, 1.165) is 12.0 Å². The molecule has 1 aromatic rings. The second-order valence-electron chi connectivity index (χ2n) is 4.38. The normalized spacial score (nSPS) is 10.7. The van der Waals surface area contributed by atoms with Crippen molar-refractivity contribution in [1.29, 1.82) is 0 Å². The molecule has 1 aromatic carbocycles. The van der Waals surface area contributed by atoms with Crippen molar-refractivity contribution in [3.05, 3.63) is 35.4 Å². The van der Waals surface area contributed by atoms with E-state index in [9.17, 15) is 9.90 Å². The van der Waals surface area contributed by atoms with Crippen LogP contribution < -0.4 is 34.7 Å². The van der Waals surface area contributed by atoms with E-state index in [4.69, 9.17) is 0 Å². The van der Waals surface area contributed by atoms with Crippen molar-refractivity contribution in [3.63, 3.8) is 0 Å². The minimum Gasteiger partial charge on any atom is -0.550 e. The smallest absolute Gasteiger partial charge is 0.550 e. The number of aliphatic carboxylic acids is 1. The monoisotopic (exact) mass is 264 g/mol. The second-order valence-corrected chi connectivity index (χ2v) is 4.38. The van der Waals surface area contributed by atoms with Gasteiger partial charge in [0.2, 0.25) is 0 Å². The van der Waals surface area contributed by atoms with Gasteiger partial charge in [0.1, 0.15) is 0 Å². The maximum absolute atomic E-state index is 10.7. The average Bonchev–Trinajstić information content (AvgIpc) is 2.17. The summed E-state index contributed by atoms with van der Waals surface area (Å²) in [6.45, 7) is 5.97. The molecule has 0 aliphatic rings. The molecule has 0 saturated carbocycles. The molecule has 0 bridgehead atoms. The van der Waals surface area contributed by atoms with Gasteiger partial charge in [-0.2, -0.15) is 0 Å². The maximum atomic E-state index is 10.7. The molecule has 0 amide bonds. The number of carbonyl (C=O) groups excluding carboxylic acids is 1. The quantitative estimate of drug-likeness (QED) is 0.544. The molecule has 4 N–H and O–H groups in total. The summed E-state index contributed by atoms with van der Waals surface area (Å²) < 4.78 is 0. The van der Waals surface area contributed by atoms with E-state index in [0.29, 0.717) is 5.92 Å². The Labute approximate surface area is 130 Å². The summed E-state index contributed by atoms with van der Waals surface area (Å²) in [5, 5.41) is 10.7. The van der Waals surface area contributed by atoms with E-state index in [1.54, 1.807) is 6.92 Å². The van der Waals surface area contributed by atoms with Crippen LogP contribution in [0.3, 0.4) is 0 Å². The van der Waals surface area contributed by atoms with Crippen molar-refractivity contribution in [3.8, 4) is 0 Å². The Morgan fingerprint density at radius 2 is 1.56 bits per heavy atom. The van der Waals surface area contributed by atoms with Crippen LogP contribution in [-0.4, -0.2) is 16.9 Å². The van der Waals surface area contributed by atoms with Gasteiger partial charge in [-0.05, 0) is 23.5 Å². The summed E-state index contributed by atoms with van der Waals surface area (Å²) in [7, 11) is 0. The third-order valence-electron chi connectivity index (χ3n) is 2.48. The molecule has 1 rings (SSSR count). The van der Waals surface area contributed by atoms with Gasteiger partial charge >= 0.3 is 29.6 Å². The van der Waals surface area contributed by atoms with E-state index in [1.165, 1.54) is 5.56 Å². The third kappa shape index (κ3) is 7.13. The van der Waals surface area contributed by atoms with E-state index >= 15 is 0 Å². The first-order chi connectivity index (χ1) is 7.00. The van der Waals surface area contributed by atoms with Crippen LogP contribution in [0.4, 0.5) is 0 Å². The summed E-state index contributed by atoms with van der Waals surface area (Å²) in [5.41, 5.74) is 2.06. The van der Waals surface area contributed by atoms with Crippen LogP contribution in [0, 0.1) is 5.92 Å². The third-order valence-corrected chi connectivity index (χ3v) is 2.48. The molecule has 0 radical (unpaired) electrons. The molecule has 1 unspecified atom stereocenters. The van der Waals surface area contributed by atoms with Gasteiger partial charge in [0, 0.05) is 11.9 Å². The number of hydrogen-bond donors (Lipinski definition) is 0. The largest absolute Gasteiger partial charge is 1.00 e. The summed E-state index contributed by atoms with van der Waals surface area (Å²) in [6.07, 6.45) is 1.03. The first-order valence-electron chi connectivity index (χ1n) is 5.30. The van der Waals surface area contributed by atoms with Gasteiger partial charge in [0.25, 0.3) is 0 Å². The van der Waals surface area contributed by atoms with Crippen molar-refractivity contribution in [2.24, 2.45) is 5.92 Å². The summed E-state index contributed by atoms with van der Waals surface area (Å²) in [4.78, 5) is 10.7. The Morgan fingerprint density at radius 1 is 1.11 bits per heavy atom. The molecule has 0 aliphatic carbocycles. The Hall–Kier alpha value is -0.390. The van der Waals surface area contributed by atoms with Crippen LogP contribution in [0.25, 0.3) is 0 Å². The van der Waals surface area contributed by atoms with Gasteiger partial charge in [0.15, 0.2) is 0 Å². The first-order valence-corrected chi connectivity index (χ1v) is 5.30. The van der Waals surface area contributed by atoms with Gasteiger partial charge in [-0.3, -0.25) is 0 Å². The van der Waals surface area contributed by atoms with Crippen LogP contribution in [0.15, 0.2) is 24.3 Å². The minimum absolute atomic E-state index is 0. The molecule has 0 aromatic heterocycles. The zero-order valence-corrected chi connectivity index (χ0v) is 13.5. The molecule has 1 atom stereocenters. The van der Waals surface area contributed by atoms with Crippen LogP contribution in [0.5, 0.6) is 0 Å². The van der Waals surface area contributed by atoms with Crippen LogP contribution >= 0.6 is 0 Å². The molecular formula is C13H21NaO4. The van der Waals surface area contributed by atoms with Gasteiger partial charge < -0.3 is 20.9 Å². The average molecular weight is 264 g/mol. The minimum atomic E-state index is -1.02. The first kappa shape index (κ1) is 22.8. The maximum Gasteiger partial charge on any atom is 1.00 e. The molecule has 98 valence electrons. The van der Waals surface area contributed by atoms with E-state index < -0.39 is 11.9 Å². The standard InChI is InChI=1S/C13H18O2.Na.2H2O/c1-9(2)8-11-4-6-12(7-5-11)10(3)13(14)15;;;/h4-7,9-10H,8H2,1-3H3,(H,14,15);;2*1H2/q;+1;;/p-1. The Kier molecular flexibility index (Phi) is 13.3. The Balaban J connectivity index is -0.000000750. The summed E-state index contributed by atoms with van der Waals surface area (Å²) >= 11 is 0. The number of rotatable bonds is 4. The summed E-state index contributed by atoms with van der Waals surface area (Å²) in [6, 6.07) is 7.74. The van der Waals surface area contributed by atoms with Crippen LogP contribution in [0.2, 0.25) is 0 Å². The topological polar surface area (TPSA) is 103 Å². The molecule has 0 fully saturated rings. The SMILES string of the molecule is CC(C)Cc1ccc(C(C)C(=O)[O-])cc1.O.O.[Na+]. The molecule has 5 heteroatoms. The fourth-order valence-electron chi connectivity index (χ4n) is 1.55. The molecule has 0 aliphatic heterocycles. The number of benzene rings is 1. The zero-order valence-electron chi connectivity index (χ0n) is 11.5. The predicted molar refractivity (Wildman–Crippen MR) is 65.6 cm³/mol. The van der Waals surface area contributed by atoms with Crippen LogP contribution in [-0.2, 0) is 11.2 Å². The van der Waals surface area contributed by atoms with Gasteiger partial charge in [-0.25, -0.2) is 0 Å². The van der Waals surface area contributed by atoms with E-state index in [1.807, 2.05) is 24.3 Å². The molecule has 18 heavy (non-hydrogen) atoms. The molecule has 0 heterocycles. The molecule has 0 spiro atoms. The van der Waals surface area contributed by atoms with Crippen molar-refractivity contribution >= 4 is 5.97 Å². The Morgan fingerprint density at radius 3 is 1.89 bits per heavy atom. The van der Waals surface area contributed by atoms with Gasteiger partial charge in [-0.15, -0.1) is 0 Å². The van der Waals surface area contributed by atoms with Crippen molar-refractivity contribution in [2.75, 3.05) is 0 Å². The second kappa shape index (κ2) is 10.5. The number of hydrogen-bond acceptors (Lipinski definition) is 2.